The molecule has 6 heteroatoms. The van der Waals surface area contributed by atoms with Crippen LogP contribution < -0.4 is 5.32 Å². The minimum atomic E-state index is -0.449. The van der Waals surface area contributed by atoms with Gasteiger partial charge in [0.2, 0.25) is 0 Å². The van der Waals surface area contributed by atoms with Crippen LogP contribution >= 0.6 is 23.6 Å². The van der Waals surface area contributed by atoms with Crippen molar-refractivity contribution in [3.8, 4) is 0 Å². The van der Waals surface area contributed by atoms with E-state index in [2.05, 4.69) is 11.2 Å². The molecule has 2 rings (SSSR count). The fourth-order valence-electron chi connectivity index (χ4n) is 2.20. The van der Waals surface area contributed by atoms with E-state index in [1.807, 2.05) is 17.5 Å². The Kier molecular flexibility index (Phi) is 4.73. The molecule has 1 aliphatic heterocycles. The summed E-state index contributed by atoms with van der Waals surface area (Å²) < 4.78 is 5.32. The van der Waals surface area contributed by atoms with E-state index in [9.17, 15) is 10.2 Å². The lowest BCUT2D eigenvalue weighted by molar-refractivity contribution is -0.143. The fraction of sp³-hybridized carbons (Fsp3) is 0.333. The number of carbonyl (C=O) groups excluding carboxylic acids is 1. The molecule has 1 aromatic heterocycles. The zero-order valence-electron chi connectivity index (χ0n) is 12.0. The number of hydrogen-bond acceptors (Lipinski definition) is 4. The summed E-state index contributed by atoms with van der Waals surface area (Å²) in [6.07, 6.45) is -0.221. The predicted molar refractivity (Wildman–Crippen MR) is 88.6 cm³/mol. The molecule has 4 nitrogen and oxygen atoms in total. The number of nitrogens with one attached hydrogen (secondary N) is 1. The van der Waals surface area contributed by atoms with Crippen molar-refractivity contribution < 1.29 is 9.53 Å². The van der Waals surface area contributed by atoms with Crippen molar-refractivity contribution in [3.05, 3.63) is 44.6 Å². The molecule has 1 atom stereocenters. The highest BCUT2D eigenvalue weighted by Crippen LogP contribution is 2.38. The molecular formula is C15H15N2O2S2-. The standard InChI is InChI=1S/C15H15N2O2S2/c1-8(2)19-15(18)12-9(3)17-14(20)10(7-16)13(12)11-5-4-6-21-11/h4-6,8,13H,1-3H3,(H,17,20)/q-1. The van der Waals surface area contributed by atoms with Gasteiger partial charge >= 0.3 is 5.97 Å². The fourth-order valence-corrected chi connectivity index (χ4v) is 3.36. The molecule has 0 aromatic carbocycles. The Labute approximate surface area is 133 Å². The smallest absolute Gasteiger partial charge is 0.337 e. The van der Waals surface area contributed by atoms with Crippen molar-refractivity contribution >= 4 is 40.4 Å². The van der Waals surface area contributed by atoms with Crippen molar-refractivity contribution in [2.24, 2.45) is 0 Å². The highest BCUT2D eigenvalue weighted by atomic mass is 32.1. The highest BCUT2D eigenvalue weighted by Gasteiger charge is 2.35. The Morgan fingerprint density at radius 1 is 1.57 bits per heavy atom. The molecule has 0 spiro atoms. The van der Waals surface area contributed by atoms with Gasteiger partial charge in [-0.05, 0) is 32.2 Å². The molecule has 1 N–H and O–H groups in total. The first-order valence-electron chi connectivity index (χ1n) is 6.49. The number of thiophene rings is 1. The van der Waals surface area contributed by atoms with E-state index in [0.29, 0.717) is 21.8 Å². The molecule has 2 heterocycles. The van der Waals surface area contributed by atoms with Gasteiger partial charge in [-0.1, -0.05) is 18.3 Å². The van der Waals surface area contributed by atoms with Gasteiger partial charge in [0.1, 0.15) is 4.99 Å². The second-order valence-corrected chi connectivity index (χ2v) is 6.31. The van der Waals surface area contributed by atoms with Crippen LogP contribution in [0.5, 0.6) is 0 Å². The van der Waals surface area contributed by atoms with Crippen LogP contribution in [0.15, 0.2) is 34.4 Å². The number of nitrogens with zero attached hydrogens (tertiary/aromatic N) is 1. The summed E-state index contributed by atoms with van der Waals surface area (Å²) in [5, 5.41) is 14.3. The third kappa shape index (κ3) is 3.13. The number of esters is 1. The van der Waals surface area contributed by atoms with Crippen LogP contribution in [-0.2, 0) is 9.53 Å². The summed E-state index contributed by atoms with van der Waals surface area (Å²) >= 11 is 6.72. The molecule has 0 saturated heterocycles. The summed E-state index contributed by atoms with van der Waals surface area (Å²) in [5.41, 5.74) is 1.48. The van der Waals surface area contributed by atoms with Gasteiger partial charge < -0.3 is 15.5 Å². The van der Waals surface area contributed by atoms with E-state index in [1.54, 1.807) is 20.8 Å². The largest absolute Gasteiger partial charge is 0.763 e. The average molecular weight is 319 g/mol. The monoisotopic (exact) mass is 319 g/mol. The topological polar surface area (TPSA) is 60.6 Å². The average Bonchev–Trinajstić information content (AvgIpc) is 2.90. The summed E-state index contributed by atoms with van der Waals surface area (Å²) in [6.45, 7) is 5.37. The Balaban J connectivity index is 2.56. The van der Waals surface area contributed by atoms with Crippen molar-refractivity contribution in [3.63, 3.8) is 0 Å². The summed E-state index contributed by atoms with van der Waals surface area (Å²) in [5.74, 6) is 1.27. The van der Waals surface area contributed by atoms with Gasteiger partial charge in [-0.3, -0.25) is 5.87 Å². The van der Waals surface area contributed by atoms with Gasteiger partial charge in [-0.15, -0.1) is 11.3 Å². The molecule has 0 bridgehead atoms. The number of allylic oxidation sites excluding steroid dienone is 1. The second kappa shape index (κ2) is 6.35. The van der Waals surface area contributed by atoms with Crippen LogP contribution in [0.4, 0.5) is 0 Å². The van der Waals surface area contributed by atoms with Crippen molar-refractivity contribution in [2.75, 3.05) is 0 Å². The number of carbonyl (C=O) groups is 1. The van der Waals surface area contributed by atoms with Gasteiger partial charge in [0.25, 0.3) is 0 Å². The van der Waals surface area contributed by atoms with Crippen LogP contribution in [0, 0.1) is 0 Å². The summed E-state index contributed by atoms with van der Waals surface area (Å²) in [6, 6.07) is 3.79. The lowest BCUT2D eigenvalue weighted by Crippen LogP contribution is -2.35. The lowest BCUT2D eigenvalue weighted by Gasteiger charge is -2.29. The van der Waals surface area contributed by atoms with E-state index < -0.39 is 11.9 Å². The van der Waals surface area contributed by atoms with Crippen molar-refractivity contribution in [2.45, 2.75) is 32.8 Å². The number of ether oxygens (including phenoxy) is 1. The lowest BCUT2D eigenvalue weighted by atomic mass is 9.86. The predicted octanol–water partition coefficient (Wildman–Crippen LogP) is 3.15. The van der Waals surface area contributed by atoms with Crippen LogP contribution in [0.25, 0.3) is 5.41 Å². The molecule has 0 radical (unpaired) electrons. The Morgan fingerprint density at radius 3 is 2.81 bits per heavy atom. The quantitative estimate of drug-likeness (QED) is 0.402. The van der Waals surface area contributed by atoms with Crippen LogP contribution in [0.1, 0.15) is 31.6 Å². The van der Waals surface area contributed by atoms with Gasteiger partial charge in [0.05, 0.1) is 17.6 Å². The van der Waals surface area contributed by atoms with Gasteiger partial charge in [-0.2, -0.15) is 0 Å². The van der Waals surface area contributed by atoms with E-state index in [4.69, 9.17) is 17.0 Å². The first-order chi connectivity index (χ1) is 9.95. The Hall–Kier alpha value is -1.75. The maximum atomic E-state index is 12.4. The van der Waals surface area contributed by atoms with Crippen molar-refractivity contribution in [1.82, 2.24) is 5.32 Å². The van der Waals surface area contributed by atoms with Crippen molar-refractivity contribution in [1.29, 1.82) is 0 Å². The molecular weight excluding hydrogens is 304 g/mol. The molecule has 110 valence electrons. The van der Waals surface area contributed by atoms with E-state index in [0.717, 1.165) is 4.88 Å². The summed E-state index contributed by atoms with van der Waals surface area (Å²) in [7, 11) is 0. The van der Waals surface area contributed by atoms with Gasteiger partial charge in [-0.25, -0.2) is 4.79 Å². The minimum absolute atomic E-state index is 0.221. The zero-order valence-corrected chi connectivity index (χ0v) is 13.6. The van der Waals surface area contributed by atoms with E-state index in [-0.39, 0.29) is 6.10 Å². The second-order valence-electron chi connectivity index (χ2n) is 4.92. The van der Waals surface area contributed by atoms with Gasteiger partial charge in [0, 0.05) is 16.1 Å². The third-order valence-corrected chi connectivity index (χ3v) is 4.30. The zero-order chi connectivity index (χ0) is 15.6. The van der Waals surface area contributed by atoms with Crippen LogP contribution in [-0.4, -0.2) is 22.9 Å². The molecule has 1 aliphatic rings. The highest BCUT2D eigenvalue weighted by molar-refractivity contribution is 7.80. The Bertz CT molecular complexity index is 653. The molecule has 21 heavy (non-hydrogen) atoms. The van der Waals surface area contributed by atoms with Crippen LogP contribution in [0.2, 0.25) is 0 Å². The maximum Gasteiger partial charge on any atom is 0.337 e. The first kappa shape index (κ1) is 15.6. The van der Waals surface area contributed by atoms with E-state index in [1.165, 1.54) is 11.3 Å². The molecule has 0 saturated carbocycles. The first-order valence-corrected chi connectivity index (χ1v) is 7.78. The molecule has 1 aromatic rings. The Morgan fingerprint density at radius 2 is 2.29 bits per heavy atom. The van der Waals surface area contributed by atoms with E-state index >= 15 is 0 Å². The number of thiocarbonyl (C=S) groups is 1. The molecule has 1 unspecified atom stereocenters. The molecule has 0 aliphatic carbocycles. The van der Waals surface area contributed by atoms with Gasteiger partial charge in [0.15, 0.2) is 0 Å². The SMILES string of the molecule is CC1=C(C(=O)OC(C)C)C(c2cccs2)C(=C=[N-])C(=S)N1. The number of rotatable bonds is 3. The third-order valence-electron chi connectivity index (χ3n) is 3.04. The van der Waals surface area contributed by atoms with Crippen LogP contribution in [0.3, 0.4) is 0 Å². The maximum absolute atomic E-state index is 12.4. The number of hydrogen-bond donors (Lipinski definition) is 1. The minimum Gasteiger partial charge on any atom is -0.763 e. The summed E-state index contributed by atoms with van der Waals surface area (Å²) in [4.78, 5) is 13.7. The normalized spacial score (nSPS) is 18.6. The molecule has 0 fully saturated rings. The molecule has 0 amide bonds.